The number of rotatable bonds is 11. The third-order valence-electron chi connectivity index (χ3n) is 4.67. The molecule has 0 radical (unpaired) electrons. The van der Waals surface area contributed by atoms with Crippen molar-refractivity contribution in [1.82, 2.24) is 16.0 Å². The molecule has 27 heavy (non-hydrogen) atoms. The van der Waals surface area contributed by atoms with Crippen molar-refractivity contribution in [2.75, 3.05) is 19.7 Å². The first-order chi connectivity index (χ1) is 12.6. The maximum absolute atomic E-state index is 10.8. The van der Waals surface area contributed by atoms with Gasteiger partial charge in [-0.2, -0.15) is 0 Å². The summed E-state index contributed by atoms with van der Waals surface area (Å²) in [6, 6.07) is -4.53. The van der Waals surface area contributed by atoms with Crippen molar-refractivity contribution >= 4 is 11.9 Å². The second-order valence-corrected chi connectivity index (χ2v) is 6.53. The quantitative estimate of drug-likeness (QED) is 0.160. The van der Waals surface area contributed by atoms with Gasteiger partial charge < -0.3 is 41.1 Å². The van der Waals surface area contributed by atoms with Gasteiger partial charge in [0.25, 0.3) is 0 Å². The Hall–Kier alpha value is -1.38. The van der Waals surface area contributed by atoms with Gasteiger partial charge in [-0.25, -0.2) is 0 Å². The van der Waals surface area contributed by atoms with E-state index in [-0.39, 0.29) is 6.42 Å². The largest absolute Gasteiger partial charge is 0.480 e. The molecule has 0 aliphatic heterocycles. The zero-order valence-corrected chi connectivity index (χ0v) is 14.9. The smallest absolute Gasteiger partial charge is 0.317 e. The van der Waals surface area contributed by atoms with Crippen LogP contribution in [0, 0.1) is 0 Å². The van der Waals surface area contributed by atoms with Gasteiger partial charge in [0.05, 0.1) is 68.3 Å². The van der Waals surface area contributed by atoms with Gasteiger partial charge in [0, 0.05) is 0 Å². The lowest BCUT2D eigenvalue weighted by Gasteiger charge is -2.47. The molecule has 1 fully saturated rings. The highest BCUT2D eigenvalue weighted by Gasteiger charge is 2.50. The Labute approximate surface area is 155 Å². The molecule has 10 N–H and O–H groups in total. The third-order valence-corrected chi connectivity index (χ3v) is 4.67. The lowest BCUT2D eigenvalue weighted by Crippen LogP contribution is -2.75. The molecule has 6 atom stereocenters. The molecule has 0 bridgehead atoms. The van der Waals surface area contributed by atoms with E-state index in [1.165, 1.54) is 0 Å². The molecule has 0 amide bonds. The average Bonchev–Trinajstić information content (AvgIpc) is 2.60. The van der Waals surface area contributed by atoms with E-state index in [1.54, 1.807) is 6.92 Å². The Balaban J connectivity index is 3.05. The number of carboxylic acid groups (broad SMARTS) is 2. The van der Waals surface area contributed by atoms with E-state index in [1.807, 2.05) is 0 Å². The van der Waals surface area contributed by atoms with Crippen molar-refractivity contribution < 1.29 is 45.3 Å². The molecule has 1 aliphatic carbocycles. The fraction of sp³-hybridized carbons (Fsp3) is 0.867. The summed E-state index contributed by atoms with van der Waals surface area (Å²) in [5, 5.41) is 76.1. The fourth-order valence-electron chi connectivity index (χ4n) is 3.18. The Morgan fingerprint density at radius 2 is 1.30 bits per heavy atom. The van der Waals surface area contributed by atoms with Crippen molar-refractivity contribution in [2.24, 2.45) is 0 Å². The molecule has 12 nitrogen and oxygen atoms in total. The molecule has 1 saturated carbocycles. The summed E-state index contributed by atoms with van der Waals surface area (Å²) < 4.78 is 0. The van der Waals surface area contributed by atoms with Gasteiger partial charge >= 0.3 is 11.9 Å². The number of aliphatic hydroxyl groups is 5. The van der Waals surface area contributed by atoms with Gasteiger partial charge in [0.15, 0.2) is 0 Å². The summed E-state index contributed by atoms with van der Waals surface area (Å²) in [7, 11) is 0. The van der Waals surface area contributed by atoms with Gasteiger partial charge in [0.1, 0.15) is 0 Å². The minimum absolute atomic E-state index is 0.279. The van der Waals surface area contributed by atoms with Crippen LogP contribution in [0.5, 0.6) is 0 Å². The number of carboxylic acids is 2. The van der Waals surface area contributed by atoms with E-state index in [4.69, 9.17) is 10.2 Å². The second-order valence-electron chi connectivity index (χ2n) is 6.53. The second kappa shape index (κ2) is 10.8. The summed E-state index contributed by atoms with van der Waals surface area (Å²) in [6.07, 6.45) is -5.19. The SMILES string of the molecule is CCC(O)C(CO)NC1C(O)C(NCC(=O)O)C(O)C(NCC(=O)O)C1O. The maximum Gasteiger partial charge on any atom is 0.317 e. The molecule has 0 heterocycles. The van der Waals surface area contributed by atoms with Crippen LogP contribution in [0.2, 0.25) is 0 Å². The Morgan fingerprint density at radius 1 is 0.889 bits per heavy atom. The molecular formula is C15H29N3O9. The summed E-state index contributed by atoms with van der Waals surface area (Å²) in [6.45, 7) is -0.0165. The molecular weight excluding hydrogens is 366 g/mol. The lowest BCUT2D eigenvalue weighted by molar-refractivity contribution is -0.138. The van der Waals surface area contributed by atoms with Crippen molar-refractivity contribution in [1.29, 1.82) is 0 Å². The number of aliphatic carboxylic acids is 2. The highest BCUT2D eigenvalue weighted by molar-refractivity contribution is 5.69. The molecule has 1 aliphatic rings. The van der Waals surface area contributed by atoms with E-state index < -0.39 is 80.2 Å². The molecule has 12 heteroatoms. The number of hydrogen-bond acceptors (Lipinski definition) is 10. The van der Waals surface area contributed by atoms with Crippen LogP contribution >= 0.6 is 0 Å². The van der Waals surface area contributed by atoms with Crippen molar-refractivity contribution in [2.45, 2.75) is 61.9 Å². The molecule has 0 spiro atoms. The highest BCUT2D eigenvalue weighted by Crippen LogP contribution is 2.23. The van der Waals surface area contributed by atoms with E-state index in [0.717, 1.165) is 0 Å². The van der Waals surface area contributed by atoms with Gasteiger partial charge in [-0.05, 0) is 6.42 Å². The standard InChI is InChI=1S/C15H29N3O9/c1-2-7(20)6(5-19)18-12-14(26)10(16-3-8(21)22)13(25)11(15(12)27)17-4-9(23)24/h6-7,10-20,25-27H,2-5H2,1H3,(H,21,22)(H,23,24). The number of carbonyl (C=O) groups is 2. The topological polar surface area (TPSA) is 212 Å². The lowest BCUT2D eigenvalue weighted by atomic mass is 9.79. The normalized spacial score (nSPS) is 33.4. The monoisotopic (exact) mass is 395 g/mol. The molecule has 0 aromatic carbocycles. The van der Waals surface area contributed by atoms with E-state index >= 15 is 0 Å². The summed E-state index contributed by atoms with van der Waals surface area (Å²) in [5.41, 5.74) is 0. The molecule has 0 aromatic rings. The van der Waals surface area contributed by atoms with Gasteiger partial charge in [-0.3, -0.25) is 20.2 Å². The maximum atomic E-state index is 10.8. The Kier molecular flexibility index (Phi) is 9.49. The first kappa shape index (κ1) is 23.7. The van der Waals surface area contributed by atoms with Crippen LogP contribution in [0.1, 0.15) is 13.3 Å². The van der Waals surface area contributed by atoms with Crippen molar-refractivity contribution in [3.05, 3.63) is 0 Å². The first-order valence-corrected chi connectivity index (χ1v) is 8.63. The number of aliphatic hydroxyl groups excluding tert-OH is 5. The van der Waals surface area contributed by atoms with Crippen LogP contribution in [0.3, 0.4) is 0 Å². The average molecular weight is 395 g/mol. The van der Waals surface area contributed by atoms with Gasteiger partial charge in [-0.1, -0.05) is 6.92 Å². The van der Waals surface area contributed by atoms with Gasteiger partial charge in [0.2, 0.25) is 0 Å². The predicted octanol–water partition coefficient (Wildman–Crippen LogP) is -4.74. The highest BCUT2D eigenvalue weighted by atomic mass is 16.4. The van der Waals surface area contributed by atoms with Crippen LogP contribution in [0.4, 0.5) is 0 Å². The zero-order valence-electron chi connectivity index (χ0n) is 14.9. The summed E-state index contributed by atoms with van der Waals surface area (Å²) in [5.74, 6) is -2.48. The first-order valence-electron chi connectivity index (χ1n) is 8.63. The van der Waals surface area contributed by atoms with Crippen LogP contribution in [0.25, 0.3) is 0 Å². The van der Waals surface area contributed by atoms with Crippen molar-refractivity contribution in [3.63, 3.8) is 0 Å². The Morgan fingerprint density at radius 3 is 1.63 bits per heavy atom. The fourth-order valence-corrected chi connectivity index (χ4v) is 3.18. The van der Waals surface area contributed by atoms with Crippen LogP contribution in [0.15, 0.2) is 0 Å². The third kappa shape index (κ3) is 6.33. The summed E-state index contributed by atoms with van der Waals surface area (Å²) in [4.78, 5) is 21.6. The van der Waals surface area contributed by atoms with Crippen LogP contribution < -0.4 is 16.0 Å². The molecule has 6 unspecified atom stereocenters. The van der Waals surface area contributed by atoms with E-state index in [9.17, 15) is 35.1 Å². The molecule has 158 valence electrons. The van der Waals surface area contributed by atoms with E-state index in [0.29, 0.717) is 0 Å². The minimum atomic E-state index is -1.50. The molecule has 1 rings (SSSR count). The number of nitrogens with one attached hydrogen (secondary N) is 3. The van der Waals surface area contributed by atoms with E-state index in [2.05, 4.69) is 16.0 Å². The Bertz CT molecular complexity index is 463. The molecule has 0 saturated heterocycles. The van der Waals surface area contributed by atoms with Crippen LogP contribution in [-0.2, 0) is 9.59 Å². The molecule has 0 aromatic heterocycles. The zero-order chi connectivity index (χ0) is 20.7. The van der Waals surface area contributed by atoms with Gasteiger partial charge in [-0.15, -0.1) is 0 Å². The summed E-state index contributed by atoms with van der Waals surface area (Å²) >= 11 is 0. The van der Waals surface area contributed by atoms with Crippen molar-refractivity contribution in [3.8, 4) is 0 Å². The van der Waals surface area contributed by atoms with Crippen LogP contribution in [-0.4, -0.2) is 116 Å². The minimum Gasteiger partial charge on any atom is -0.480 e. The number of hydrogen-bond donors (Lipinski definition) is 10. The predicted molar refractivity (Wildman–Crippen MR) is 91.0 cm³/mol.